The van der Waals surface area contributed by atoms with Crippen LogP contribution in [0.5, 0.6) is 0 Å². The van der Waals surface area contributed by atoms with E-state index in [9.17, 15) is 9.59 Å². The first kappa shape index (κ1) is 16.2. The van der Waals surface area contributed by atoms with Gasteiger partial charge in [-0.1, -0.05) is 44.2 Å². The molecule has 0 bridgehead atoms. The molecular formula is C16H19N3O2S. The molecule has 0 aliphatic heterocycles. The minimum Gasteiger partial charge on any atom is -0.355 e. The van der Waals surface area contributed by atoms with Gasteiger partial charge in [-0.2, -0.15) is 0 Å². The highest BCUT2D eigenvalue weighted by Crippen LogP contribution is 2.24. The number of thiazole rings is 1. The van der Waals surface area contributed by atoms with E-state index in [-0.39, 0.29) is 24.2 Å². The normalized spacial score (nSPS) is 10.5. The standard InChI is InChI=1S/C16H19N3O2S/c1-11(2)15(21)17-9-8-14(20)19-16-18-13(10-22-16)12-6-4-3-5-7-12/h3-7,10-11H,8-9H2,1-2H3,(H,17,21)(H,18,19,20). The molecule has 0 atom stereocenters. The largest absolute Gasteiger partial charge is 0.355 e. The van der Waals surface area contributed by atoms with Gasteiger partial charge in [0.15, 0.2) is 5.13 Å². The molecule has 22 heavy (non-hydrogen) atoms. The molecule has 0 aliphatic carbocycles. The van der Waals surface area contributed by atoms with Crippen LogP contribution in [0.2, 0.25) is 0 Å². The Morgan fingerprint density at radius 1 is 1.23 bits per heavy atom. The minimum atomic E-state index is -0.155. The number of anilines is 1. The van der Waals surface area contributed by atoms with Gasteiger partial charge >= 0.3 is 0 Å². The molecule has 2 amide bonds. The Bertz CT molecular complexity index is 638. The molecule has 2 aromatic rings. The van der Waals surface area contributed by atoms with Crippen molar-refractivity contribution in [3.05, 3.63) is 35.7 Å². The van der Waals surface area contributed by atoms with E-state index >= 15 is 0 Å². The molecule has 1 heterocycles. The van der Waals surface area contributed by atoms with Crippen molar-refractivity contribution in [1.82, 2.24) is 10.3 Å². The quantitative estimate of drug-likeness (QED) is 0.860. The number of amides is 2. The predicted molar refractivity (Wildman–Crippen MR) is 88.6 cm³/mol. The Hall–Kier alpha value is -2.21. The average Bonchev–Trinajstić information content (AvgIpc) is 2.96. The first-order valence-electron chi connectivity index (χ1n) is 7.15. The number of nitrogens with zero attached hydrogens (tertiary/aromatic N) is 1. The molecule has 0 saturated carbocycles. The number of carbonyl (C=O) groups is 2. The lowest BCUT2D eigenvalue weighted by molar-refractivity contribution is -0.124. The van der Waals surface area contributed by atoms with Crippen LogP contribution >= 0.6 is 11.3 Å². The molecule has 5 nitrogen and oxygen atoms in total. The smallest absolute Gasteiger partial charge is 0.227 e. The van der Waals surface area contributed by atoms with Crippen LogP contribution in [0, 0.1) is 5.92 Å². The summed E-state index contributed by atoms with van der Waals surface area (Å²) in [6.07, 6.45) is 0.235. The van der Waals surface area contributed by atoms with E-state index < -0.39 is 0 Å². The van der Waals surface area contributed by atoms with E-state index in [4.69, 9.17) is 0 Å². The predicted octanol–water partition coefficient (Wildman–Crippen LogP) is 2.91. The third-order valence-corrected chi connectivity index (χ3v) is 3.75. The summed E-state index contributed by atoms with van der Waals surface area (Å²) in [6, 6.07) is 9.79. The molecule has 0 fully saturated rings. The summed E-state index contributed by atoms with van der Waals surface area (Å²) in [4.78, 5) is 27.6. The van der Waals surface area contributed by atoms with Crippen LogP contribution in [0.1, 0.15) is 20.3 Å². The Morgan fingerprint density at radius 2 is 1.95 bits per heavy atom. The maximum atomic E-state index is 11.8. The summed E-state index contributed by atoms with van der Waals surface area (Å²) in [6.45, 7) is 3.96. The fraction of sp³-hybridized carbons (Fsp3) is 0.312. The second kappa shape index (κ2) is 7.70. The number of rotatable bonds is 6. The first-order chi connectivity index (χ1) is 10.6. The zero-order valence-corrected chi connectivity index (χ0v) is 13.4. The van der Waals surface area contributed by atoms with Crippen molar-refractivity contribution in [3.63, 3.8) is 0 Å². The molecule has 0 spiro atoms. The van der Waals surface area contributed by atoms with Gasteiger partial charge in [0.1, 0.15) is 0 Å². The van der Waals surface area contributed by atoms with Gasteiger partial charge in [-0.3, -0.25) is 9.59 Å². The van der Waals surface area contributed by atoms with Crippen LogP contribution < -0.4 is 10.6 Å². The lowest BCUT2D eigenvalue weighted by Crippen LogP contribution is -2.30. The SMILES string of the molecule is CC(C)C(=O)NCCC(=O)Nc1nc(-c2ccccc2)cs1. The van der Waals surface area contributed by atoms with Crippen LogP contribution in [0.3, 0.4) is 0 Å². The molecule has 1 aromatic heterocycles. The molecule has 2 N–H and O–H groups in total. The summed E-state index contributed by atoms with van der Waals surface area (Å²) in [5.74, 6) is -0.276. The lowest BCUT2D eigenvalue weighted by atomic mass is 10.2. The van der Waals surface area contributed by atoms with Gasteiger partial charge in [0.05, 0.1) is 5.69 Å². The highest BCUT2D eigenvalue weighted by Gasteiger charge is 2.10. The van der Waals surface area contributed by atoms with Crippen LogP contribution in [0.15, 0.2) is 35.7 Å². The van der Waals surface area contributed by atoms with Crippen LogP contribution in [-0.4, -0.2) is 23.3 Å². The van der Waals surface area contributed by atoms with Crippen molar-refractivity contribution in [2.45, 2.75) is 20.3 Å². The second-order valence-electron chi connectivity index (χ2n) is 5.15. The molecule has 0 aliphatic rings. The molecule has 0 saturated heterocycles. The number of carbonyl (C=O) groups excluding carboxylic acids is 2. The maximum Gasteiger partial charge on any atom is 0.227 e. The molecule has 2 rings (SSSR count). The Kier molecular flexibility index (Phi) is 5.66. The monoisotopic (exact) mass is 317 g/mol. The molecule has 0 unspecified atom stereocenters. The average molecular weight is 317 g/mol. The van der Waals surface area contributed by atoms with Crippen molar-refractivity contribution in [3.8, 4) is 11.3 Å². The number of benzene rings is 1. The van der Waals surface area contributed by atoms with Crippen molar-refractivity contribution in [2.75, 3.05) is 11.9 Å². The van der Waals surface area contributed by atoms with Gasteiger partial charge in [-0.15, -0.1) is 11.3 Å². The minimum absolute atomic E-state index is 0.0478. The topological polar surface area (TPSA) is 71.1 Å². The maximum absolute atomic E-state index is 11.8. The van der Waals surface area contributed by atoms with E-state index in [1.165, 1.54) is 11.3 Å². The number of hydrogen-bond donors (Lipinski definition) is 2. The van der Waals surface area contributed by atoms with Gasteiger partial charge in [-0.25, -0.2) is 4.98 Å². The highest BCUT2D eigenvalue weighted by molar-refractivity contribution is 7.14. The molecule has 1 aromatic carbocycles. The van der Waals surface area contributed by atoms with E-state index in [2.05, 4.69) is 15.6 Å². The van der Waals surface area contributed by atoms with Crippen molar-refractivity contribution >= 4 is 28.3 Å². The number of hydrogen-bond acceptors (Lipinski definition) is 4. The zero-order chi connectivity index (χ0) is 15.9. The Morgan fingerprint density at radius 3 is 2.64 bits per heavy atom. The Balaban J connectivity index is 1.83. The summed E-state index contributed by atoms with van der Waals surface area (Å²) in [7, 11) is 0. The molecule has 0 radical (unpaired) electrons. The van der Waals surface area contributed by atoms with Gasteiger partial charge in [0, 0.05) is 29.8 Å². The van der Waals surface area contributed by atoms with E-state index in [0.717, 1.165) is 11.3 Å². The number of nitrogens with one attached hydrogen (secondary N) is 2. The van der Waals surface area contributed by atoms with Crippen molar-refractivity contribution < 1.29 is 9.59 Å². The Labute approximate surface area is 133 Å². The lowest BCUT2D eigenvalue weighted by Gasteiger charge is -2.07. The first-order valence-corrected chi connectivity index (χ1v) is 8.02. The van der Waals surface area contributed by atoms with Crippen LogP contribution in [-0.2, 0) is 9.59 Å². The van der Waals surface area contributed by atoms with Crippen LogP contribution in [0.4, 0.5) is 5.13 Å². The summed E-state index contributed by atoms with van der Waals surface area (Å²) in [5.41, 5.74) is 1.86. The van der Waals surface area contributed by atoms with E-state index in [1.54, 1.807) is 0 Å². The second-order valence-corrected chi connectivity index (χ2v) is 6.01. The summed E-state index contributed by atoms with van der Waals surface area (Å²) >= 11 is 1.39. The fourth-order valence-electron chi connectivity index (χ4n) is 1.76. The van der Waals surface area contributed by atoms with Crippen LogP contribution in [0.25, 0.3) is 11.3 Å². The summed E-state index contributed by atoms with van der Waals surface area (Å²) < 4.78 is 0. The third kappa shape index (κ3) is 4.66. The van der Waals surface area contributed by atoms with Crippen molar-refractivity contribution in [1.29, 1.82) is 0 Å². The molecular weight excluding hydrogens is 298 g/mol. The third-order valence-electron chi connectivity index (χ3n) is 3.00. The van der Waals surface area contributed by atoms with Gasteiger partial charge in [0.25, 0.3) is 0 Å². The summed E-state index contributed by atoms with van der Waals surface area (Å²) in [5, 5.41) is 7.94. The number of aromatic nitrogens is 1. The van der Waals surface area contributed by atoms with E-state index in [0.29, 0.717) is 11.7 Å². The van der Waals surface area contributed by atoms with Gasteiger partial charge in [-0.05, 0) is 0 Å². The van der Waals surface area contributed by atoms with Gasteiger partial charge in [0.2, 0.25) is 11.8 Å². The highest BCUT2D eigenvalue weighted by atomic mass is 32.1. The van der Waals surface area contributed by atoms with Gasteiger partial charge < -0.3 is 10.6 Å². The van der Waals surface area contributed by atoms with Crippen molar-refractivity contribution in [2.24, 2.45) is 5.92 Å². The molecule has 116 valence electrons. The fourth-order valence-corrected chi connectivity index (χ4v) is 2.49. The van der Waals surface area contributed by atoms with E-state index in [1.807, 2.05) is 49.6 Å². The molecule has 6 heteroatoms. The zero-order valence-electron chi connectivity index (χ0n) is 12.6.